The third kappa shape index (κ3) is 4.43. The molecule has 0 aromatic heterocycles. The van der Waals surface area contributed by atoms with Crippen molar-refractivity contribution < 1.29 is 37.4 Å². The van der Waals surface area contributed by atoms with Crippen LogP contribution >= 0.6 is 0 Å². The summed E-state index contributed by atoms with van der Waals surface area (Å²) in [6, 6.07) is 2.88. The quantitative estimate of drug-likeness (QED) is 0.688. The molecule has 0 spiro atoms. The molecule has 2 heterocycles. The number of guanidine groups is 1. The summed E-state index contributed by atoms with van der Waals surface area (Å²) >= 11 is 0. The van der Waals surface area contributed by atoms with Crippen molar-refractivity contribution >= 4 is 23.9 Å². The molecule has 2 aliphatic heterocycles. The third-order valence-corrected chi connectivity index (χ3v) is 5.26. The van der Waals surface area contributed by atoms with E-state index in [4.69, 9.17) is 14.2 Å². The van der Waals surface area contributed by atoms with Crippen molar-refractivity contribution in [2.45, 2.75) is 44.4 Å². The molecule has 0 aliphatic carbocycles. The number of ether oxygens (including phenoxy) is 3. The number of halogens is 2. The minimum Gasteiger partial charge on any atom is -0.467 e. The molecule has 1 aromatic carbocycles. The lowest BCUT2D eigenvalue weighted by atomic mass is 9.72. The number of nitrogens with one attached hydrogen (secondary N) is 1. The highest BCUT2D eigenvalue weighted by molar-refractivity contribution is 6.06. The summed E-state index contributed by atoms with van der Waals surface area (Å²) in [7, 11) is 2.56. The fraction of sp³-hybridized carbons (Fsp3) is 0.524. The Morgan fingerprint density at radius 3 is 2.59 bits per heavy atom. The lowest BCUT2D eigenvalue weighted by Gasteiger charge is -2.47. The molecule has 1 fully saturated rings. The Kier molecular flexibility index (Phi) is 6.23. The molecule has 0 bridgehead atoms. The maximum absolute atomic E-state index is 14.9. The zero-order chi connectivity index (χ0) is 23.8. The molecule has 0 saturated carbocycles. The summed E-state index contributed by atoms with van der Waals surface area (Å²) in [5.41, 5.74) is -2.56. The van der Waals surface area contributed by atoms with Crippen molar-refractivity contribution in [3.63, 3.8) is 0 Å². The molecule has 1 N–H and O–H groups in total. The van der Waals surface area contributed by atoms with Gasteiger partial charge >= 0.3 is 12.1 Å². The number of hydrogen-bond acceptors (Lipinski definition) is 7. The minimum atomic E-state index is -1.64. The Hall–Kier alpha value is -3.08. The van der Waals surface area contributed by atoms with Crippen LogP contribution in [-0.2, 0) is 29.3 Å². The van der Waals surface area contributed by atoms with Crippen molar-refractivity contribution in [3.05, 3.63) is 35.4 Å². The Morgan fingerprint density at radius 2 is 2.00 bits per heavy atom. The van der Waals surface area contributed by atoms with Gasteiger partial charge in [0.2, 0.25) is 11.9 Å². The summed E-state index contributed by atoms with van der Waals surface area (Å²) in [5.74, 6) is -4.19. The van der Waals surface area contributed by atoms with E-state index in [1.165, 1.54) is 20.2 Å². The average Bonchev–Trinajstić information content (AvgIpc) is 2.69. The molecular formula is C21H25F2N3O6. The molecule has 174 valence electrons. The number of benzene rings is 1. The summed E-state index contributed by atoms with van der Waals surface area (Å²) in [5, 5.41) is 2.41. The number of hydrogen-bond donors (Lipinski definition) is 1. The van der Waals surface area contributed by atoms with Crippen LogP contribution < -0.4 is 5.32 Å². The van der Waals surface area contributed by atoms with Gasteiger partial charge in [0, 0.05) is 18.7 Å². The van der Waals surface area contributed by atoms with Gasteiger partial charge in [0.25, 0.3) is 0 Å². The fourth-order valence-electron chi connectivity index (χ4n) is 3.79. The average molecular weight is 453 g/mol. The van der Waals surface area contributed by atoms with E-state index in [1.54, 1.807) is 20.8 Å². The predicted molar refractivity (Wildman–Crippen MR) is 107 cm³/mol. The lowest BCUT2D eigenvalue weighted by Crippen LogP contribution is -2.62. The first-order valence-electron chi connectivity index (χ1n) is 9.90. The van der Waals surface area contributed by atoms with Crippen molar-refractivity contribution in [1.82, 2.24) is 10.2 Å². The van der Waals surface area contributed by atoms with E-state index in [-0.39, 0.29) is 24.6 Å². The predicted octanol–water partition coefficient (Wildman–Crippen LogP) is 2.09. The Balaban J connectivity index is 2.09. The lowest BCUT2D eigenvalue weighted by molar-refractivity contribution is -0.167. The first-order valence-corrected chi connectivity index (χ1v) is 9.90. The van der Waals surface area contributed by atoms with E-state index in [0.29, 0.717) is 6.07 Å². The van der Waals surface area contributed by atoms with Crippen LogP contribution in [0.25, 0.3) is 0 Å². The highest BCUT2D eigenvalue weighted by Gasteiger charge is 2.56. The van der Waals surface area contributed by atoms with Gasteiger partial charge in [0.05, 0.1) is 19.6 Å². The number of methoxy groups -OCH3 is 1. The minimum absolute atomic E-state index is 0.0999. The van der Waals surface area contributed by atoms with Crippen LogP contribution in [0.4, 0.5) is 13.6 Å². The topological polar surface area (TPSA) is 107 Å². The second-order valence-corrected chi connectivity index (χ2v) is 8.62. The van der Waals surface area contributed by atoms with Gasteiger partial charge in [0.1, 0.15) is 22.8 Å². The smallest absolute Gasteiger partial charge is 0.414 e. The Morgan fingerprint density at radius 1 is 1.31 bits per heavy atom. The maximum atomic E-state index is 14.9. The van der Waals surface area contributed by atoms with Crippen LogP contribution in [-0.4, -0.2) is 61.3 Å². The van der Waals surface area contributed by atoms with Gasteiger partial charge in [-0.1, -0.05) is 6.07 Å². The summed E-state index contributed by atoms with van der Waals surface area (Å²) in [6.07, 6.45) is -2.07. The highest BCUT2D eigenvalue weighted by Crippen LogP contribution is 2.45. The van der Waals surface area contributed by atoms with Gasteiger partial charge < -0.3 is 14.2 Å². The number of fused-ring (bicyclic) bond motifs is 1. The molecule has 3 atom stereocenters. The zero-order valence-corrected chi connectivity index (χ0v) is 18.4. The Labute approximate surface area is 183 Å². The molecule has 0 unspecified atom stereocenters. The van der Waals surface area contributed by atoms with E-state index >= 15 is 0 Å². The summed E-state index contributed by atoms with van der Waals surface area (Å²) in [6.45, 7) is 4.62. The van der Waals surface area contributed by atoms with Crippen LogP contribution in [0.3, 0.4) is 0 Å². The van der Waals surface area contributed by atoms with Gasteiger partial charge in [-0.25, -0.2) is 23.4 Å². The van der Waals surface area contributed by atoms with E-state index in [0.717, 1.165) is 11.0 Å². The van der Waals surface area contributed by atoms with Crippen LogP contribution in [0.1, 0.15) is 32.8 Å². The molecule has 2 amide bonds. The molecule has 2 aliphatic rings. The zero-order valence-electron chi connectivity index (χ0n) is 18.4. The number of alkyl carbamates (subject to hydrolysis) is 1. The summed E-state index contributed by atoms with van der Waals surface area (Å²) in [4.78, 5) is 43.2. The van der Waals surface area contributed by atoms with Crippen LogP contribution in [0.15, 0.2) is 23.2 Å². The van der Waals surface area contributed by atoms with E-state index in [9.17, 15) is 23.2 Å². The van der Waals surface area contributed by atoms with Crippen LogP contribution in [0.5, 0.6) is 0 Å². The van der Waals surface area contributed by atoms with Gasteiger partial charge in [0.15, 0.2) is 6.10 Å². The third-order valence-electron chi connectivity index (χ3n) is 5.26. The summed E-state index contributed by atoms with van der Waals surface area (Å²) < 4.78 is 44.0. The van der Waals surface area contributed by atoms with Gasteiger partial charge in [-0.2, -0.15) is 0 Å². The number of nitrogens with zero attached hydrogens (tertiary/aromatic N) is 2. The van der Waals surface area contributed by atoms with Crippen molar-refractivity contribution in [2.75, 3.05) is 20.8 Å². The molecule has 1 saturated heterocycles. The SMILES string of the molecule is COC(=O)[C@H]1C[C@H]2C(=O)N(C)C(NC(=O)OC(C)(C)C)=N[C@@]2(c2ccc(F)cc2F)CO1. The number of esters is 1. The van der Waals surface area contributed by atoms with Gasteiger partial charge in [-0.05, 0) is 33.3 Å². The molecule has 1 aromatic rings. The molecule has 3 rings (SSSR count). The second kappa shape index (κ2) is 8.45. The Bertz CT molecular complexity index is 977. The maximum Gasteiger partial charge on any atom is 0.414 e. The first-order chi connectivity index (χ1) is 14.9. The molecule has 0 radical (unpaired) electrons. The number of rotatable bonds is 2. The highest BCUT2D eigenvalue weighted by atomic mass is 19.1. The van der Waals surface area contributed by atoms with Gasteiger partial charge in [-0.15, -0.1) is 0 Å². The largest absolute Gasteiger partial charge is 0.467 e. The monoisotopic (exact) mass is 453 g/mol. The fourth-order valence-corrected chi connectivity index (χ4v) is 3.79. The van der Waals surface area contributed by atoms with Crippen molar-refractivity contribution in [2.24, 2.45) is 10.9 Å². The van der Waals surface area contributed by atoms with E-state index in [1.807, 2.05) is 0 Å². The van der Waals surface area contributed by atoms with E-state index < -0.39 is 52.8 Å². The second-order valence-electron chi connectivity index (χ2n) is 8.62. The number of carbonyl (C=O) groups is 3. The number of aliphatic imine (C=N–C) groups is 1. The molecule has 9 nitrogen and oxygen atoms in total. The standard InChI is InChI=1S/C21H25F2N3O6/c1-20(2,3)32-19(29)24-18-25-21(12-7-6-11(22)8-14(12)23)10-31-15(17(28)30-5)9-13(21)16(27)26(18)4/h6-8,13,15H,9-10H2,1-5H3,(H,24,25,29)/t13-,15+,21+/m0/s1. The van der Waals surface area contributed by atoms with Gasteiger partial charge in [-0.3, -0.25) is 15.0 Å². The molecular weight excluding hydrogens is 428 g/mol. The van der Waals surface area contributed by atoms with Crippen molar-refractivity contribution in [3.8, 4) is 0 Å². The number of amides is 2. The molecule has 11 heteroatoms. The molecule has 32 heavy (non-hydrogen) atoms. The van der Waals surface area contributed by atoms with Crippen LogP contribution in [0, 0.1) is 17.6 Å². The normalized spacial score (nSPS) is 25.5. The van der Waals surface area contributed by atoms with Crippen molar-refractivity contribution in [1.29, 1.82) is 0 Å². The number of carbonyl (C=O) groups excluding carboxylic acids is 3. The van der Waals surface area contributed by atoms with Crippen LogP contribution in [0.2, 0.25) is 0 Å². The first kappa shape index (κ1) is 23.6. The van der Waals surface area contributed by atoms with E-state index in [2.05, 4.69) is 10.3 Å².